The van der Waals surface area contributed by atoms with Crippen LogP contribution in [0.2, 0.25) is 5.02 Å². The highest BCUT2D eigenvalue weighted by molar-refractivity contribution is 6.31. The van der Waals surface area contributed by atoms with Crippen molar-refractivity contribution in [2.45, 2.75) is 33.4 Å². The number of esters is 1. The molecule has 1 N–H and O–H groups in total. The molecule has 3 rings (SSSR count). The average molecular weight is 415 g/mol. The van der Waals surface area contributed by atoms with E-state index < -0.39 is 11.9 Å². The molecule has 2 aromatic heterocycles. The maximum atomic E-state index is 12.5. The van der Waals surface area contributed by atoms with E-state index in [1.807, 2.05) is 55.7 Å². The summed E-state index contributed by atoms with van der Waals surface area (Å²) >= 11 is 6.15. The zero-order valence-electron chi connectivity index (χ0n) is 16.6. The number of hydrogen-bond donors (Lipinski definition) is 1. The van der Waals surface area contributed by atoms with E-state index >= 15 is 0 Å². The Morgan fingerprint density at radius 1 is 1.21 bits per heavy atom. The van der Waals surface area contributed by atoms with Gasteiger partial charge in [-0.1, -0.05) is 29.8 Å². The molecule has 1 atom stereocenters. The Kier molecular flexibility index (Phi) is 6.44. The first-order valence-electron chi connectivity index (χ1n) is 9.27. The lowest BCUT2D eigenvalue weighted by Gasteiger charge is -2.15. The van der Waals surface area contributed by atoms with E-state index in [1.165, 1.54) is 0 Å². The van der Waals surface area contributed by atoms with Gasteiger partial charge in [-0.3, -0.25) is 4.79 Å². The van der Waals surface area contributed by atoms with E-state index in [-0.39, 0.29) is 12.6 Å². The SMILES string of the molecule is Cc1cc(C(=O)OCC(=O)N[C@@H](C)c2ccccc2Cl)c(C)n1Cc1ccco1. The quantitative estimate of drug-likeness (QED) is 0.580. The van der Waals surface area contributed by atoms with Crippen LogP contribution >= 0.6 is 11.6 Å². The van der Waals surface area contributed by atoms with Gasteiger partial charge in [0.1, 0.15) is 5.76 Å². The molecule has 7 heteroatoms. The van der Waals surface area contributed by atoms with Crippen LogP contribution in [0.15, 0.2) is 53.1 Å². The van der Waals surface area contributed by atoms with Gasteiger partial charge < -0.3 is 19.0 Å². The van der Waals surface area contributed by atoms with Gasteiger partial charge >= 0.3 is 5.97 Å². The summed E-state index contributed by atoms with van der Waals surface area (Å²) < 4.78 is 12.6. The van der Waals surface area contributed by atoms with Crippen LogP contribution in [-0.2, 0) is 16.1 Å². The first kappa shape index (κ1) is 20.7. The topological polar surface area (TPSA) is 73.5 Å². The van der Waals surface area contributed by atoms with Crippen molar-refractivity contribution in [3.63, 3.8) is 0 Å². The second-order valence-electron chi connectivity index (χ2n) is 6.84. The predicted molar refractivity (Wildman–Crippen MR) is 110 cm³/mol. The smallest absolute Gasteiger partial charge is 0.340 e. The number of ether oxygens (including phenoxy) is 1. The molecule has 0 saturated heterocycles. The largest absolute Gasteiger partial charge is 0.467 e. The van der Waals surface area contributed by atoms with Gasteiger partial charge in [-0.15, -0.1) is 0 Å². The van der Waals surface area contributed by atoms with Crippen molar-refractivity contribution < 1.29 is 18.7 Å². The number of aryl methyl sites for hydroxylation is 1. The summed E-state index contributed by atoms with van der Waals surface area (Å²) in [6.45, 7) is 5.73. The summed E-state index contributed by atoms with van der Waals surface area (Å²) in [6, 6.07) is 12.4. The number of nitrogens with one attached hydrogen (secondary N) is 1. The molecule has 29 heavy (non-hydrogen) atoms. The Labute approximate surface area is 174 Å². The third-order valence-corrected chi connectivity index (χ3v) is 5.12. The summed E-state index contributed by atoms with van der Waals surface area (Å²) in [5.74, 6) is -0.140. The van der Waals surface area contributed by atoms with Gasteiger partial charge in [0.2, 0.25) is 0 Å². The first-order valence-corrected chi connectivity index (χ1v) is 9.64. The molecule has 0 aliphatic carbocycles. The van der Waals surface area contributed by atoms with Crippen molar-refractivity contribution in [3.05, 3.63) is 82.0 Å². The molecule has 0 spiro atoms. The minimum atomic E-state index is -0.538. The van der Waals surface area contributed by atoms with Gasteiger partial charge in [-0.2, -0.15) is 0 Å². The second kappa shape index (κ2) is 9.01. The van der Waals surface area contributed by atoms with Crippen LogP contribution in [0.1, 0.15) is 46.0 Å². The maximum Gasteiger partial charge on any atom is 0.340 e. The molecule has 0 fully saturated rings. The molecule has 1 aromatic carbocycles. The third kappa shape index (κ3) is 4.90. The number of benzene rings is 1. The number of halogens is 1. The van der Waals surface area contributed by atoms with Crippen LogP contribution in [0, 0.1) is 13.8 Å². The molecule has 1 amide bonds. The van der Waals surface area contributed by atoms with Crippen LogP contribution in [0.3, 0.4) is 0 Å². The van der Waals surface area contributed by atoms with Gasteiger partial charge in [0.25, 0.3) is 5.91 Å². The van der Waals surface area contributed by atoms with E-state index in [2.05, 4.69) is 5.32 Å². The number of furan rings is 1. The lowest BCUT2D eigenvalue weighted by molar-refractivity contribution is -0.124. The number of nitrogens with zero attached hydrogens (tertiary/aromatic N) is 1. The zero-order chi connectivity index (χ0) is 21.0. The van der Waals surface area contributed by atoms with Gasteiger partial charge in [-0.05, 0) is 50.6 Å². The predicted octanol–water partition coefficient (Wildman–Crippen LogP) is 4.43. The lowest BCUT2D eigenvalue weighted by Crippen LogP contribution is -2.31. The molecule has 0 saturated carbocycles. The van der Waals surface area contributed by atoms with Crippen molar-refractivity contribution in [1.29, 1.82) is 0 Å². The molecular weight excluding hydrogens is 392 g/mol. The van der Waals surface area contributed by atoms with E-state index in [0.717, 1.165) is 22.7 Å². The zero-order valence-corrected chi connectivity index (χ0v) is 17.3. The molecule has 0 bridgehead atoms. The van der Waals surface area contributed by atoms with E-state index in [4.69, 9.17) is 20.8 Å². The van der Waals surface area contributed by atoms with Gasteiger partial charge in [-0.25, -0.2) is 4.79 Å². The van der Waals surface area contributed by atoms with Gasteiger partial charge in [0.15, 0.2) is 6.61 Å². The standard InChI is InChI=1S/C22H23ClN2O4/c1-14-11-19(16(3)25(14)12-17-7-6-10-28-17)22(27)29-13-21(26)24-15(2)18-8-4-5-9-20(18)23/h4-11,15H,12-13H2,1-3H3,(H,24,26)/t15-/m0/s1. The summed E-state index contributed by atoms with van der Waals surface area (Å²) in [5.41, 5.74) is 2.90. The van der Waals surface area contributed by atoms with E-state index in [0.29, 0.717) is 17.1 Å². The number of carbonyl (C=O) groups is 2. The Balaban J connectivity index is 1.59. The fraction of sp³-hybridized carbons (Fsp3) is 0.273. The van der Waals surface area contributed by atoms with E-state index in [9.17, 15) is 9.59 Å². The van der Waals surface area contributed by atoms with Crippen molar-refractivity contribution in [3.8, 4) is 0 Å². The van der Waals surface area contributed by atoms with Crippen molar-refractivity contribution in [2.24, 2.45) is 0 Å². The Bertz CT molecular complexity index is 1010. The summed E-state index contributed by atoms with van der Waals surface area (Å²) in [4.78, 5) is 24.7. The molecular formula is C22H23ClN2O4. The minimum absolute atomic E-state index is 0.298. The van der Waals surface area contributed by atoms with E-state index in [1.54, 1.807) is 18.4 Å². The Morgan fingerprint density at radius 3 is 2.66 bits per heavy atom. The maximum absolute atomic E-state index is 12.5. The highest BCUT2D eigenvalue weighted by Crippen LogP contribution is 2.22. The Morgan fingerprint density at radius 2 is 1.97 bits per heavy atom. The number of rotatable bonds is 7. The summed E-state index contributed by atoms with van der Waals surface area (Å²) in [6.07, 6.45) is 1.61. The monoisotopic (exact) mass is 414 g/mol. The van der Waals surface area contributed by atoms with Crippen LogP contribution in [0.25, 0.3) is 0 Å². The van der Waals surface area contributed by atoms with Crippen LogP contribution in [-0.4, -0.2) is 23.1 Å². The molecule has 6 nitrogen and oxygen atoms in total. The van der Waals surface area contributed by atoms with Crippen LogP contribution < -0.4 is 5.32 Å². The summed E-state index contributed by atoms with van der Waals surface area (Å²) in [5, 5.41) is 3.36. The van der Waals surface area contributed by atoms with Gasteiger partial charge in [0, 0.05) is 16.4 Å². The first-order chi connectivity index (χ1) is 13.9. The van der Waals surface area contributed by atoms with Crippen LogP contribution in [0.5, 0.6) is 0 Å². The van der Waals surface area contributed by atoms with Crippen molar-refractivity contribution in [1.82, 2.24) is 9.88 Å². The normalized spacial score (nSPS) is 11.9. The third-order valence-electron chi connectivity index (χ3n) is 4.77. The molecule has 152 valence electrons. The summed E-state index contributed by atoms with van der Waals surface area (Å²) in [7, 11) is 0. The van der Waals surface area contributed by atoms with Crippen molar-refractivity contribution in [2.75, 3.05) is 6.61 Å². The molecule has 0 aliphatic rings. The number of aromatic nitrogens is 1. The molecule has 2 heterocycles. The second-order valence-corrected chi connectivity index (χ2v) is 7.24. The molecule has 0 unspecified atom stereocenters. The van der Waals surface area contributed by atoms with Crippen LogP contribution in [0.4, 0.5) is 0 Å². The number of carbonyl (C=O) groups excluding carboxylic acids is 2. The number of amides is 1. The highest BCUT2D eigenvalue weighted by atomic mass is 35.5. The van der Waals surface area contributed by atoms with Crippen molar-refractivity contribution >= 4 is 23.5 Å². The minimum Gasteiger partial charge on any atom is -0.467 e. The van der Waals surface area contributed by atoms with Gasteiger partial charge in [0.05, 0.1) is 24.4 Å². The molecule has 3 aromatic rings. The molecule has 0 aliphatic heterocycles. The lowest BCUT2D eigenvalue weighted by atomic mass is 10.1. The fourth-order valence-corrected chi connectivity index (χ4v) is 3.50. The Hall–Kier alpha value is -2.99. The molecule has 0 radical (unpaired) electrons. The highest BCUT2D eigenvalue weighted by Gasteiger charge is 2.19. The fourth-order valence-electron chi connectivity index (χ4n) is 3.21. The number of hydrogen-bond acceptors (Lipinski definition) is 4. The average Bonchev–Trinajstić information content (AvgIpc) is 3.30.